The molecule has 1 amide bonds. The van der Waals surface area contributed by atoms with E-state index < -0.39 is 22.0 Å². The second-order valence-corrected chi connectivity index (χ2v) is 9.45. The summed E-state index contributed by atoms with van der Waals surface area (Å²) in [7, 11) is -3.76. The molecule has 3 rings (SSSR count). The Morgan fingerprint density at radius 3 is 2.31 bits per heavy atom. The van der Waals surface area contributed by atoms with E-state index in [0.717, 1.165) is 26.9 Å². The third-order valence-corrected chi connectivity index (χ3v) is 6.20. The van der Waals surface area contributed by atoms with Gasteiger partial charge in [-0.1, -0.05) is 65.7 Å². The molecule has 0 aliphatic carbocycles. The maximum absolute atomic E-state index is 12.8. The number of carbonyl (C=O) groups is 1. The molecule has 1 N–H and O–H groups in total. The lowest BCUT2D eigenvalue weighted by Crippen LogP contribution is -2.47. The van der Waals surface area contributed by atoms with Crippen LogP contribution < -0.4 is 9.62 Å². The van der Waals surface area contributed by atoms with Crippen molar-refractivity contribution in [2.24, 2.45) is 0 Å². The summed E-state index contributed by atoms with van der Waals surface area (Å²) in [5.74, 6) is -0.431. The van der Waals surface area contributed by atoms with Crippen LogP contribution in [-0.2, 0) is 21.4 Å². The highest BCUT2D eigenvalue weighted by Gasteiger charge is 2.29. The average molecular weight is 451 g/mol. The van der Waals surface area contributed by atoms with Crippen molar-refractivity contribution in [1.82, 2.24) is 5.32 Å². The quantitative estimate of drug-likeness (QED) is 0.595. The monoisotopic (exact) mass is 450 g/mol. The molecule has 29 heavy (non-hydrogen) atoms. The van der Waals surface area contributed by atoms with Gasteiger partial charge in [-0.15, -0.1) is 0 Å². The van der Waals surface area contributed by atoms with Crippen LogP contribution in [0.5, 0.6) is 0 Å². The summed E-state index contributed by atoms with van der Waals surface area (Å²) in [5, 5.41) is 5.50. The fourth-order valence-corrected chi connectivity index (χ4v) is 4.93. The predicted molar refractivity (Wildman–Crippen MR) is 119 cm³/mol. The Morgan fingerprint density at radius 1 is 1.03 bits per heavy atom. The molecule has 5 nitrogen and oxygen atoms in total. The number of hydrogen-bond acceptors (Lipinski definition) is 3. The van der Waals surface area contributed by atoms with Crippen molar-refractivity contribution < 1.29 is 13.2 Å². The minimum atomic E-state index is -3.76. The largest absolute Gasteiger partial charge is 0.350 e. The second kappa shape index (κ2) is 8.61. The van der Waals surface area contributed by atoms with Crippen molar-refractivity contribution in [1.29, 1.82) is 0 Å². The standard InChI is InChI=1S/C21H20Cl2N2O3S/c1-14(25(29(2,27)28)19-11-17(22)10-18(23)12-19)21(26)24-13-16-8-5-7-15-6-3-4-9-20(15)16/h3-12,14H,13H2,1-2H3,(H,24,26). The van der Waals surface area contributed by atoms with Crippen molar-refractivity contribution in [3.05, 3.63) is 76.3 Å². The molecule has 0 radical (unpaired) electrons. The summed E-state index contributed by atoms with van der Waals surface area (Å²) >= 11 is 12.0. The van der Waals surface area contributed by atoms with E-state index in [4.69, 9.17) is 23.2 Å². The Morgan fingerprint density at radius 2 is 1.66 bits per heavy atom. The van der Waals surface area contributed by atoms with E-state index in [2.05, 4.69) is 5.32 Å². The lowest BCUT2D eigenvalue weighted by molar-refractivity contribution is -0.122. The molecule has 0 spiro atoms. The van der Waals surface area contributed by atoms with Crippen LogP contribution in [0.25, 0.3) is 10.8 Å². The fourth-order valence-electron chi connectivity index (χ4n) is 3.25. The molecule has 0 heterocycles. The van der Waals surface area contributed by atoms with Gasteiger partial charge in [0.2, 0.25) is 15.9 Å². The molecule has 8 heteroatoms. The maximum Gasteiger partial charge on any atom is 0.243 e. The Hall–Kier alpha value is -2.28. The smallest absolute Gasteiger partial charge is 0.243 e. The third kappa shape index (κ3) is 5.01. The van der Waals surface area contributed by atoms with Gasteiger partial charge in [0.15, 0.2) is 0 Å². The number of halogens is 2. The normalized spacial score (nSPS) is 12.6. The van der Waals surface area contributed by atoms with Crippen LogP contribution in [0.4, 0.5) is 5.69 Å². The Balaban J connectivity index is 1.84. The first-order valence-corrected chi connectivity index (χ1v) is 11.5. The number of carbonyl (C=O) groups excluding carboxylic acids is 1. The molecule has 1 unspecified atom stereocenters. The number of nitrogens with zero attached hydrogens (tertiary/aromatic N) is 1. The van der Waals surface area contributed by atoms with Gasteiger partial charge in [-0.05, 0) is 41.5 Å². The Kier molecular flexibility index (Phi) is 6.36. The summed E-state index contributed by atoms with van der Waals surface area (Å²) in [6.45, 7) is 1.80. The molecule has 1 atom stereocenters. The molecule has 0 aliphatic heterocycles. The van der Waals surface area contributed by atoms with Gasteiger partial charge in [0.25, 0.3) is 0 Å². The summed E-state index contributed by atoms with van der Waals surface area (Å²) in [6.07, 6.45) is 1.04. The fraction of sp³-hybridized carbons (Fsp3) is 0.190. The van der Waals surface area contributed by atoms with Crippen LogP contribution in [0, 0.1) is 0 Å². The first kappa shape index (κ1) is 21.4. The van der Waals surface area contributed by atoms with Crippen molar-refractivity contribution in [2.75, 3.05) is 10.6 Å². The van der Waals surface area contributed by atoms with Gasteiger partial charge in [0, 0.05) is 16.6 Å². The van der Waals surface area contributed by atoms with E-state index in [0.29, 0.717) is 0 Å². The second-order valence-electron chi connectivity index (χ2n) is 6.72. The molecule has 3 aromatic rings. The average Bonchev–Trinajstić information content (AvgIpc) is 2.64. The third-order valence-electron chi connectivity index (χ3n) is 4.52. The van der Waals surface area contributed by atoms with Crippen molar-refractivity contribution in [3.8, 4) is 0 Å². The number of amides is 1. The van der Waals surface area contributed by atoms with Crippen molar-refractivity contribution in [2.45, 2.75) is 19.5 Å². The highest BCUT2D eigenvalue weighted by Crippen LogP contribution is 2.28. The Bertz CT molecular complexity index is 1140. The summed E-state index contributed by atoms with van der Waals surface area (Å²) in [6, 6.07) is 17.1. The number of sulfonamides is 1. The van der Waals surface area contributed by atoms with Gasteiger partial charge in [-0.3, -0.25) is 9.10 Å². The van der Waals surface area contributed by atoms with Gasteiger partial charge in [-0.2, -0.15) is 0 Å². The number of rotatable bonds is 6. The van der Waals surface area contributed by atoms with E-state index in [1.165, 1.54) is 25.1 Å². The zero-order valence-electron chi connectivity index (χ0n) is 15.9. The molecule has 0 aromatic heterocycles. The molecular weight excluding hydrogens is 431 g/mol. The summed E-state index contributed by atoms with van der Waals surface area (Å²) < 4.78 is 25.8. The topological polar surface area (TPSA) is 66.5 Å². The van der Waals surface area contributed by atoms with E-state index in [9.17, 15) is 13.2 Å². The van der Waals surface area contributed by atoms with Crippen LogP contribution in [-0.4, -0.2) is 26.6 Å². The van der Waals surface area contributed by atoms with Crippen LogP contribution in [0.1, 0.15) is 12.5 Å². The van der Waals surface area contributed by atoms with Crippen LogP contribution in [0.15, 0.2) is 60.7 Å². The number of benzene rings is 3. The van der Waals surface area contributed by atoms with E-state index in [-0.39, 0.29) is 22.3 Å². The zero-order valence-corrected chi connectivity index (χ0v) is 18.2. The molecular formula is C21H20Cl2N2O3S. The van der Waals surface area contributed by atoms with Gasteiger partial charge in [-0.25, -0.2) is 8.42 Å². The SMILES string of the molecule is CC(C(=O)NCc1cccc2ccccc12)N(c1cc(Cl)cc(Cl)c1)S(C)(=O)=O. The van der Waals surface area contributed by atoms with Crippen LogP contribution in [0.3, 0.4) is 0 Å². The van der Waals surface area contributed by atoms with E-state index >= 15 is 0 Å². The van der Waals surface area contributed by atoms with Gasteiger partial charge >= 0.3 is 0 Å². The molecule has 152 valence electrons. The molecule has 0 saturated carbocycles. The molecule has 0 aliphatic rings. The van der Waals surface area contributed by atoms with E-state index in [1.807, 2.05) is 42.5 Å². The van der Waals surface area contributed by atoms with Gasteiger partial charge in [0.05, 0.1) is 11.9 Å². The highest BCUT2D eigenvalue weighted by molar-refractivity contribution is 7.92. The first-order chi connectivity index (χ1) is 13.7. The minimum Gasteiger partial charge on any atom is -0.350 e. The first-order valence-electron chi connectivity index (χ1n) is 8.86. The molecule has 0 bridgehead atoms. The number of anilines is 1. The van der Waals surface area contributed by atoms with Crippen LogP contribution in [0.2, 0.25) is 10.0 Å². The number of fused-ring (bicyclic) bond motifs is 1. The van der Waals surface area contributed by atoms with Crippen molar-refractivity contribution >= 4 is 55.6 Å². The zero-order chi connectivity index (χ0) is 21.2. The van der Waals surface area contributed by atoms with Crippen molar-refractivity contribution in [3.63, 3.8) is 0 Å². The Labute approximate surface area is 180 Å². The lowest BCUT2D eigenvalue weighted by Gasteiger charge is -2.28. The molecule has 3 aromatic carbocycles. The number of hydrogen-bond donors (Lipinski definition) is 1. The summed E-state index contributed by atoms with van der Waals surface area (Å²) in [5.41, 5.74) is 1.18. The minimum absolute atomic E-state index is 0.234. The highest BCUT2D eigenvalue weighted by atomic mass is 35.5. The molecule has 0 saturated heterocycles. The maximum atomic E-state index is 12.8. The van der Waals surface area contributed by atoms with Gasteiger partial charge in [0.1, 0.15) is 6.04 Å². The predicted octanol–water partition coefficient (Wildman–Crippen LogP) is 4.62. The lowest BCUT2D eigenvalue weighted by atomic mass is 10.0. The van der Waals surface area contributed by atoms with Crippen LogP contribution >= 0.6 is 23.2 Å². The molecule has 0 fully saturated rings. The van der Waals surface area contributed by atoms with E-state index in [1.54, 1.807) is 0 Å². The summed E-state index contributed by atoms with van der Waals surface area (Å²) in [4.78, 5) is 12.8. The number of nitrogens with one attached hydrogen (secondary N) is 1. The van der Waals surface area contributed by atoms with Gasteiger partial charge < -0.3 is 5.32 Å².